The highest BCUT2D eigenvalue weighted by Gasteiger charge is 2.44. The molecule has 0 aliphatic carbocycles. The zero-order valence-corrected chi connectivity index (χ0v) is 55.0. The van der Waals surface area contributed by atoms with Gasteiger partial charge in [0.15, 0.2) is 6.29 Å². The fourth-order valence-electron chi connectivity index (χ4n) is 12.0. The number of aliphatic hydroxyl groups excluding tert-OH is 5. The van der Waals surface area contributed by atoms with Crippen molar-refractivity contribution >= 4 is 5.91 Å². The number of amides is 1. The summed E-state index contributed by atoms with van der Waals surface area (Å²) in [7, 11) is 0. The van der Waals surface area contributed by atoms with Gasteiger partial charge in [0.25, 0.3) is 0 Å². The number of hydrogen-bond acceptors (Lipinski definition) is 8. The van der Waals surface area contributed by atoms with Crippen molar-refractivity contribution in [1.82, 2.24) is 5.32 Å². The Hall–Kier alpha value is -1.59. The van der Waals surface area contributed by atoms with Gasteiger partial charge in [0.05, 0.1) is 25.4 Å². The number of hydrogen-bond donors (Lipinski definition) is 6. The zero-order valence-electron chi connectivity index (χ0n) is 55.0. The van der Waals surface area contributed by atoms with Crippen LogP contribution in [0.15, 0.2) is 36.5 Å². The largest absolute Gasteiger partial charge is 0.394 e. The van der Waals surface area contributed by atoms with Gasteiger partial charge in [-0.15, -0.1) is 0 Å². The number of allylic oxidation sites excluding steroid dienone is 5. The van der Waals surface area contributed by atoms with Crippen LogP contribution in [-0.2, 0) is 14.3 Å². The molecule has 1 aliphatic rings. The van der Waals surface area contributed by atoms with E-state index in [2.05, 4.69) is 43.5 Å². The second-order valence-electron chi connectivity index (χ2n) is 25.7. The van der Waals surface area contributed by atoms with E-state index >= 15 is 0 Å². The lowest BCUT2D eigenvalue weighted by Gasteiger charge is -2.40. The summed E-state index contributed by atoms with van der Waals surface area (Å²) in [5, 5.41) is 54.8. The van der Waals surface area contributed by atoms with Gasteiger partial charge in [-0.3, -0.25) is 4.79 Å². The molecule has 7 unspecified atom stereocenters. The smallest absolute Gasteiger partial charge is 0.220 e. The first-order valence-electron chi connectivity index (χ1n) is 36.7. The number of aliphatic hydroxyl groups is 5. The molecular weight excluding hydrogens is 1030 g/mol. The number of carbonyl (C=O) groups excluding carboxylic acids is 1. The van der Waals surface area contributed by atoms with Gasteiger partial charge in [0, 0.05) is 6.42 Å². The van der Waals surface area contributed by atoms with Crippen molar-refractivity contribution in [3.8, 4) is 0 Å². The van der Waals surface area contributed by atoms with E-state index in [1.165, 1.54) is 308 Å². The van der Waals surface area contributed by atoms with Crippen LogP contribution in [-0.4, -0.2) is 87.5 Å². The molecule has 0 aromatic rings. The first-order valence-corrected chi connectivity index (χ1v) is 36.7. The molecule has 1 aliphatic heterocycles. The van der Waals surface area contributed by atoms with Crippen LogP contribution in [0.2, 0.25) is 0 Å². The molecular formula is C74H141NO8. The summed E-state index contributed by atoms with van der Waals surface area (Å²) in [6, 6.07) is -0.806. The van der Waals surface area contributed by atoms with Gasteiger partial charge in [-0.1, -0.05) is 352 Å². The summed E-state index contributed by atoms with van der Waals surface area (Å²) >= 11 is 0. The van der Waals surface area contributed by atoms with E-state index < -0.39 is 49.5 Å². The Morgan fingerprint density at radius 2 is 0.711 bits per heavy atom. The average Bonchev–Trinajstić information content (AvgIpc) is 3.60. The van der Waals surface area contributed by atoms with Crippen LogP contribution in [0.4, 0.5) is 0 Å². The van der Waals surface area contributed by atoms with Crippen molar-refractivity contribution in [1.29, 1.82) is 0 Å². The number of unbranched alkanes of at least 4 members (excludes halogenated alkanes) is 51. The number of rotatable bonds is 65. The predicted molar refractivity (Wildman–Crippen MR) is 355 cm³/mol. The predicted octanol–water partition coefficient (Wildman–Crippen LogP) is 20.2. The van der Waals surface area contributed by atoms with Crippen LogP contribution < -0.4 is 5.32 Å². The van der Waals surface area contributed by atoms with Crippen molar-refractivity contribution in [2.75, 3.05) is 13.2 Å². The van der Waals surface area contributed by atoms with Crippen molar-refractivity contribution < 1.29 is 39.8 Å². The molecule has 0 saturated carbocycles. The van der Waals surface area contributed by atoms with Gasteiger partial charge in [0.1, 0.15) is 24.4 Å². The van der Waals surface area contributed by atoms with Crippen molar-refractivity contribution in [3.05, 3.63) is 36.5 Å². The fraction of sp³-hybridized carbons (Fsp3) is 0.905. The van der Waals surface area contributed by atoms with Gasteiger partial charge in [-0.05, 0) is 51.4 Å². The number of nitrogens with one attached hydrogen (secondary N) is 1. The summed E-state index contributed by atoms with van der Waals surface area (Å²) in [6.07, 6.45) is 78.4. The molecule has 7 atom stereocenters. The standard InChI is InChI=1S/C74H141NO8/c1-3-5-7-9-11-13-15-17-19-21-23-25-27-29-30-31-32-33-34-35-36-37-38-40-42-44-46-48-50-52-54-56-58-60-62-64-70(78)75-67(66-82-74-73(81)72(80)71(79)69(65-76)83-74)68(77)63-61-59-57-55-53-51-49-47-45-43-41-39-28-26-24-22-20-18-16-14-12-10-8-6-4-2/h27,29,31-32,61,63,67-69,71-74,76-77,79-81H,3-26,28,30,33-60,62,64-66H2,1-2H3,(H,75,78)/b29-27-,32-31-,63-61+. The Bertz CT molecular complexity index is 1410. The molecule has 1 saturated heterocycles. The van der Waals surface area contributed by atoms with Gasteiger partial charge in [-0.25, -0.2) is 0 Å². The third-order valence-electron chi connectivity index (χ3n) is 17.7. The Morgan fingerprint density at radius 3 is 1.04 bits per heavy atom. The SMILES string of the molecule is CCCCCCCCCCCCC/C=C\C/C=C\CCCCCCCCCCCCCCCCCCCC(=O)NC(COC1OC(CO)C(O)C(O)C1O)C(O)/C=C/CCCCCCCCCCCCCCCCCCCCCCCCC. The Labute approximate surface area is 514 Å². The van der Waals surface area contributed by atoms with E-state index in [0.717, 1.165) is 44.9 Å². The topological polar surface area (TPSA) is 149 Å². The molecule has 1 rings (SSSR count). The minimum Gasteiger partial charge on any atom is -0.394 e. The molecule has 83 heavy (non-hydrogen) atoms. The van der Waals surface area contributed by atoms with E-state index in [4.69, 9.17) is 9.47 Å². The first kappa shape index (κ1) is 79.4. The number of ether oxygens (including phenoxy) is 2. The summed E-state index contributed by atoms with van der Waals surface area (Å²) < 4.78 is 11.3. The summed E-state index contributed by atoms with van der Waals surface area (Å²) in [4.78, 5) is 13.1. The van der Waals surface area contributed by atoms with E-state index in [9.17, 15) is 30.3 Å². The average molecular weight is 1170 g/mol. The lowest BCUT2D eigenvalue weighted by molar-refractivity contribution is -0.302. The third kappa shape index (κ3) is 52.1. The Kier molecular flexibility index (Phi) is 60.7. The highest BCUT2D eigenvalue weighted by molar-refractivity contribution is 5.76. The molecule has 0 aromatic carbocycles. The first-order chi connectivity index (χ1) is 40.8. The summed E-state index contributed by atoms with van der Waals surface area (Å²) in [6.45, 7) is 3.84. The number of carbonyl (C=O) groups is 1. The molecule has 9 nitrogen and oxygen atoms in total. The zero-order chi connectivity index (χ0) is 60.0. The van der Waals surface area contributed by atoms with Crippen LogP contribution in [0.3, 0.4) is 0 Å². The van der Waals surface area contributed by atoms with Crippen LogP contribution in [0.1, 0.15) is 373 Å². The summed E-state index contributed by atoms with van der Waals surface area (Å²) in [5.74, 6) is -0.170. The van der Waals surface area contributed by atoms with E-state index in [1.807, 2.05) is 6.08 Å². The Balaban J connectivity index is 2.10. The minimum atomic E-state index is -1.57. The highest BCUT2D eigenvalue weighted by atomic mass is 16.7. The summed E-state index contributed by atoms with van der Waals surface area (Å²) in [5.41, 5.74) is 0. The van der Waals surface area contributed by atoms with Gasteiger partial charge < -0.3 is 40.3 Å². The molecule has 490 valence electrons. The minimum absolute atomic E-state index is 0.170. The molecule has 1 amide bonds. The molecule has 0 bridgehead atoms. The molecule has 6 N–H and O–H groups in total. The van der Waals surface area contributed by atoms with Crippen LogP contribution >= 0.6 is 0 Å². The molecule has 1 heterocycles. The molecule has 0 aromatic heterocycles. The van der Waals surface area contributed by atoms with Crippen LogP contribution in [0, 0.1) is 0 Å². The lowest BCUT2D eigenvalue weighted by Crippen LogP contribution is -2.60. The second kappa shape index (κ2) is 63.4. The monoisotopic (exact) mass is 1170 g/mol. The molecule has 9 heteroatoms. The maximum absolute atomic E-state index is 13.1. The normalized spacial score (nSPS) is 18.4. The fourth-order valence-corrected chi connectivity index (χ4v) is 12.0. The van der Waals surface area contributed by atoms with E-state index in [0.29, 0.717) is 6.42 Å². The maximum atomic E-state index is 13.1. The Morgan fingerprint density at radius 1 is 0.410 bits per heavy atom. The molecule has 0 spiro atoms. The van der Waals surface area contributed by atoms with Crippen LogP contribution in [0.5, 0.6) is 0 Å². The van der Waals surface area contributed by atoms with Crippen molar-refractivity contribution in [2.45, 2.75) is 416 Å². The van der Waals surface area contributed by atoms with Crippen molar-refractivity contribution in [3.63, 3.8) is 0 Å². The molecule has 1 fully saturated rings. The van der Waals surface area contributed by atoms with Gasteiger partial charge in [0.2, 0.25) is 5.91 Å². The maximum Gasteiger partial charge on any atom is 0.220 e. The second-order valence-corrected chi connectivity index (χ2v) is 25.7. The molecule has 0 radical (unpaired) electrons. The third-order valence-corrected chi connectivity index (χ3v) is 17.7. The quantitative estimate of drug-likeness (QED) is 0.0261. The van der Waals surface area contributed by atoms with E-state index in [1.54, 1.807) is 6.08 Å². The highest BCUT2D eigenvalue weighted by Crippen LogP contribution is 2.24. The van der Waals surface area contributed by atoms with Gasteiger partial charge in [-0.2, -0.15) is 0 Å². The van der Waals surface area contributed by atoms with Gasteiger partial charge >= 0.3 is 0 Å². The van der Waals surface area contributed by atoms with Crippen molar-refractivity contribution in [2.24, 2.45) is 0 Å². The van der Waals surface area contributed by atoms with E-state index in [-0.39, 0.29) is 12.5 Å². The van der Waals surface area contributed by atoms with Crippen LogP contribution in [0.25, 0.3) is 0 Å². The lowest BCUT2D eigenvalue weighted by atomic mass is 9.99.